The summed E-state index contributed by atoms with van der Waals surface area (Å²) in [6.07, 6.45) is 3.35. The second kappa shape index (κ2) is 6.79. The number of halogens is 1. The maximum Gasteiger partial charge on any atom is 0.296 e. The number of rotatable bonds is 5. The third kappa shape index (κ3) is 2.74. The molecule has 1 aromatic carbocycles. The van der Waals surface area contributed by atoms with E-state index in [2.05, 4.69) is 23.8 Å². The maximum atomic E-state index is 10.4. The van der Waals surface area contributed by atoms with Gasteiger partial charge in [-0.1, -0.05) is 49.7 Å². The molecule has 0 amide bonds. The summed E-state index contributed by atoms with van der Waals surface area (Å²) >= 11 is 6.47. The van der Waals surface area contributed by atoms with E-state index in [-0.39, 0.29) is 12.1 Å². The third-order valence-electron chi connectivity index (χ3n) is 4.44. The zero-order chi connectivity index (χ0) is 17.3. The first-order valence-electron chi connectivity index (χ1n) is 8.15. The molecule has 0 spiro atoms. The molecule has 24 heavy (non-hydrogen) atoms. The van der Waals surface area contributed by atoms with Crippen molar-refractivity contribution in [1.29, 1.82) is 0 Å². The Morgan fingerprint density at radius 2 is 1.88 bits per heavy atom. The quantitative estimate of drug-likeness (QED) is 0.724. The van der Waals surface area contributed by atoms with Crippen molar-refractivity contribution in [2.45, 2.75) is 39.3 Å². The number of pyridine rings is 1. The number of imidazole rings is 1. The van der Waals surface area contributed by atoms with Crippen LogP contribution in [0.5, 0.6) is 6.01 Å². The lowest BCUT2D eigenvalue weighted by Gasteiger charge is -2.18. The number of nitrogens with two attached hydrogens (primary N) is 1. The Labute approximate surface area is 146 Å². The Morgan fingerprint density at radius 3 is 2.46 bits per heavy atom. The van der Waals surface area contributed by atoms with Crippen molar-refractivity contribution in [3.05, 3.63) is 41.0 Å². The zero-order valence-electron chi connectivity index (χ0n) is 13.8. The van der Waals surface area contributed by atoms with Gasteiger partial charge in [-0.2, -0.15) is 4.98 Å². The fraction of sp³-hybridized carbons (Fsp3) is 0.333. The van der Waals surface area contributed by atoms with Crippen LogP contribution in [-0.2, 0) is 6.54 Å². The van der Waals surface area contributed by atoms with Crippen molar-refractivity contribution >= 4 is 22.8 Å². The third-order valence-corrected chi connectivity index (χ3v) is 4.72. The molecular formula is C18H21ClN4O. The molecule has 6 heteroatoms. The summed E-state index contributed by atoms with van der Waals surface area (Å²) in [6.45, 7) is 4.67. The van der Waals surface area contributed by atoms with E-state index in [0.29, 0.717) is 17.2 Å². The van der Waals surface area contributed by atoms with Crippen LogP contribution in [0.3, 0.4) is 0 Å². The molecule has 2 aromatic heterocycles. The highest BCUT2D eigenvalue weighted by atomic mass is 35.5. The maximum absolute atomic E-state index is 10.4. The molecule has 0 radical (unpaired) electrons. The largest absolute Gasteiger partial charge is 0.480 e. The van der Waals surface area contributed by atoms with E-state index < -0.39 is 0 Å². The fourth-order valence-electron chi connectivity index (χ4n) is 3.11. The Hall–Kier alpha value is -2.11. The number of hydrogen-bond acceptors (Lipinski definition) is 4. The molecule has 0 aliphatic heterocycles. The number of fused-ring (bicyclic) bond motifs is 1. The van der Waals surface area contributed by atoms with Crippen molar-refractivity contribution in [3.8, 4) is 17.1 Å². The Morgan fingerprint density at radius 1 is 1.21 bits per heavy atom. The van der Waals surface area contributed by atoms with Gasteiger partial charge >= 0.3 is 0 Å². The summed E-state index contributed by atoms with van der Waals surface area (Å²) in [5, 5.41) is 10.9. The first-order valence-corrected chi connectivity index (χ1v) is 8.53. The van der Waals surface area contributed by atoms with Crippen LogP contribution in [-0.4, -0.2) is 19.6 Å². The average molecular weight is 345 g/mol. The number of aromatic hydroxyl groups is 1. The molecule has 0 aliphatic carbocycles. The topological polar surface area (TPSA) is 77.0 Å². The Kier molecular flexibility index (Phi) is 4.73. The molecule has 0 saturated carbocycles. The SMILES string of the molecule is CCC(CC)n1c(O)nc2ncc(Cl)c(-c3ccc(CN)cc3)c21. The molecular weight excluding hydrogens is 324 g/mol. The minimum atomic E-state index is -0.0201. The zero-order valence-corrected chi connectivity index (χ0v) is 14.6. The van der Waals surface area contributed by atoms with Gasteiger partial charge in [0.25, 0.3) is 6.01 Å². The average Bonchev–Trinajstić information content (AvgIpc) is 2.93. The lowest BCUT2D eigenvalue weighted by atomic mass is 10.0. The minimum Gasteiger partial charge on any atom is -0.480 e. The van der Waals surface area contributed by atoms with Crippen LogP contribution in [0.4, 0.5) is 0 Å². The van der Waals surface area contributed by atoms with E-state index in [0.717, 1.165) is 35.0 Å². The van der Waals surface area contributed by atoms with Crippen LogP contribution in [0.25, 0.3) is 22.3 Å². The first-order chi connectivity index (χ1) is 11.6. The lowest BCUT2D eigenvalue weighted by Crippen LogP contribution is -2.07. The van der Waals surface area contributed by atoms with Crippen molar-refractivity contribution in [2.24, 2.45) is 5.73 Å². The molecule has 0 fully saturated rings. The number of benzene rings is 1. The number of aromatic nitrogens is 3. The highest BCUT2D eigenvalue weighted by Gasteiger charge is 2.22. The second-order valence-electron chi connectivity index (χ2n) is 5.81. The van der Waals surface area contributed by atoms with Gasteiger partial charge in [0.1, 0.15) is 5.52 Å². The summed E-state index contributed by atoms with van der Waals surface area (Å²) in [4.78, 5) is 8.51. The molecule has 5 nitrogen and oxygen atoms in total. The molecule has 0 bridgehead atoms. The van der Waals surface area contributed by atoms with E-state index in [1.165, 1.54) is 0 Å². The normalized spacial score (nSPS) is 11.5. The number of nitrogens with zero attached hydrogens (tertiary/aromatic N) is 3. The van der Waals surface area contributed by atoms with Gasteiger partial charge in [-0.05, 0) is 24.0 Å². The van der Waals surface area contributed by atoms with E-state index in [4.69, 9.17) is 17.3 Å². The molecule has 126 valence electrons. The Balaban J connectivity index is 2.31. The van der Waals surface area contributed by atoms with Crippen molar-refractivity contribution in [3.63, 3.8) is 0 Å². The van der Waals surface area contributed by atoms with Crippen LogP contribution in [0, 0.1) is 0 Å². The predicted molar refractivity (Wildman–Crippen MR) is 97.1 cm³/mol. The van der Waals surface area contributed by atoms with Crippen molar-refractivity contribution in [2.75, 3.05) is 0 Å². The molecule has 0 saturated heterocycles. The van der Waals surface area contributed by atoms with Gasteiger partial charge in [-0.3, -0.25) is 4.57 Å². The molecule has 2 heterocycles. The van der Waals surface area contributed by atoms with Crippen LogP contribution in [0.1, 0.15) is 38.3 Å². The summed E-state index contributed by atoms with van der Waals surface area (Å²) in [6, 6.07) is 8.06. The van der Waals surface area contributed by atoms with Crippen molar-refractivity contribution in [1.82, 2.24) is 14.5 Å². The van der Waals surface area contributed by atoms with Crippen LogP contribution < -0.4 is 5.73 Å². The van der Waals surface area contributed by atoms with Crippen molar-refractivity contribution < 1.29 is 5.11 Å². The van der Waals surface area contributed by atoms with Gasteiger partial charge in [-0.25, -0.2) is 4.98 Å². The summed E-state index contributed by atoms with van der Waals surface area (Å²) in [7, 11) is 0. The van der Waals surface area contributed by atoms with Gasteiger partial charge in [-0.15, -0.1) is 0 Å². The highest BCUT2D eigenvalue weighted by Crippen LogP contribution is 2.38. The van der Waals surface area contributed by atoms with E-state index in [1.807, 2.05) is 28.8 Å². The molecule has 0 atom stereocenters. The van der Waals surface area contributed by atoms with Gasteiger partial charge in [0, 0.05) is 24.3 Å². The number of hydrogen-bond donors (Lipinski definition) is 2. The summed E-state index contributed by atoms with van der Waals surface area (Å²) in [5.41, 5.74) is 9.80. The molecule has 3 rings (SSSR count). The first kappa shape index (κ1) is 16.7. The lowest BCUT2D eigenvalue weighted by molar-refractivity contribution is 0.362. The van der Waals surface area contributed by atoms with E-state index >= 15 is 0 Å². The highest BCUT2D eigenvalue weighted by molar-refractivity contribution is 6.34. The smallest absolute Gasteiger partial charge is 0.296 e. The fourth-order valence-corrected chi connectivity index (χ4v) is 3.36. The Bertz CT molecular complexity index is 854. The van der Waals surface area contributed by atoms with Crippen LogP contribution in [0.15, 0.2) is 30.5 Å². The van der Waals surface area contributed by atoms with Gasteiger partial charge in [0.05, 0.1) is 5.02 Å². The second-order valence-corrected chi connectivity index (χ2v) is 6.21. The van der Waals surface area contributed by atoms with E-state index in [1.54, 1.807) is 6.20 Å². The predicted octanol–water partition coefficient (Wildman–Crippen LogP) is 4.28. The van der Waals surface area contributed by atoms with Gasteiger partial charge < -0.3 is 10.8 Å². The van der Waals surface area contributed by atoms with E-state index in [9.17, 15) is 5.11 Å². The van der Waals surface area contributed by atoms with Crippen LogP contribution >= 0.6 is 11.6 Å². The molecule has 3 N–H and O–H groups in total. The molecule has 0 unspecified atom stereocenters. The standard InChI is InChI=1S/C18H21ClN4O/c1-3-13(4-2)23-16-15(12-7-5-11(9-20)6-8-12)14(19)10-21-17(16)22-18(23)24/h5-8,10,13H,3-4,9,20H2,1-2H3,(H,21,22,24). The molecule has 3 aromatic rings. The van der Waals surface area contributed by atoms with Crippen LogP contribution in [0.2, 0.25) is 5.02 Å². The van der Waals surface area contributed by atoms with Gasteiger partial charge in [0.2, 0.25) is 0 Å². The molecule has 0 aliphatic rings. The monoisotopic (exact) mass is 344 g/mol. The summed E-state index contributed by atoms with van der Waals surface area (Å²) < 4.78 is 1.85. The minimum absolute atomic E-state index is 0.0201. The van der Waals surface area contributed by atoms with Gasteiger partial charge in [0.15, 0.2) is 5.65 Å². The summed E-state index contributed by atoms with van der Waals surface area (Å²) in [5.74, 6) is 0.